The summed E-state index contributed by atoms with van der Waals surface area (Å²) in [7, 11) is 0. The number of para-hydroxylation sites is 2. The minimum Gasteiger partial charge on any atom is -0.356 e. The highest BCUT2D eigenvalue weighted by molar-refractivity contribution is 6.31. The fraction of sp³-hybridized carbons (Fsp3) is 0.364. The topological polar surface area (TPSA) is 46.9 Å². The molecule has 0 aliphatic carbocycles. The molecule has 0 spiro atoms. The van der Waals surface area contributed by atoms with Crippen LogP contribution in [-0.4, -0.2) is 22.0 Å². The quantitative estimate of drug-likeness (QED) is 0.619. The highest BCUT2D eigenvalue weighted by Crippen LogP contribution is 2.22. The van der Waals surface area contributed by atoms with E-state index in [1.165, 1.54) is 0 Å². The van der Waals surface area contributed by atoms with Crippen molar-refractivity contribution in [3.63, 3.8) is 0 Å². The number of carbonyl (C=O) groups excluding carboxylic acids is 1. The van der Waals surface area contributed by atoms with Crippen LogP contribution >= 0.6 is 11.6 Å². The van der Waals surface area contributed by atoms with Gasteiger partial charge in [0.15, 0.2) is 0 Å². The second-order valence-corrected chi connectivity index (χ2v) is 8.21. The lowest BCUT2D eigenvalue weighted by atomic mass is 9.96. The zero-order valence-corrected chi connectivity index (χ0v) is 16.9. The minimum atomic E-state index is -0.364. The van der Waals surface area contributed by atoms with E-state index in [-0.39, 0.29) is 11.3 Å². The summed E-state index contributed by atoms with van der Waals surface area (Å²) in [6.45, 7) is 7.09. The molecule has 4 nitrogen and oxygen atoms in total. The normalized spacial score (nSPS) is 11.7. The number of imidazole rings is 1. The van der Waals surface area contributed by atoms with Crippen molar-refractivity contribution in [3.05, 3.63) is 64.9 Å². The van der Waals surface area contributed by atoms with Gasteiger partial charge in [-0.25, -0.2) is 4.98 Å². The first-order valence-electron chi connectivity index (χ1n) is 9.32. The lowest BCUT2D eigenvalue weighted by Gasteiger charge is -2.17. The van der Waals surface area contributed by atoms with Crippen molar-refractivity contribution >= 4 is 28.5 Å². The number of rotatable bonds is 6. The summed E-state index contributed by atoms with van der Waals surface area (Å²) in [5.41, 5.74) is 2.80. The lowest BCUT2D eigenvalue weighted by Crippen LogP contribution is -2.35. The maximum absolute atomic E-state index is 12.0. The molecule has 0 aliphatic heterocycles. The largest absolute Gasteiger partial charge is 0.356 e. The summed E-state index contributed by atoms with van der Waals surface area (Å²) in [5.74, 6) is 1.09. The predicted molar refractivity (Wildman–Crippen MR) is 111 cm³/mol. The molecule has 0 saturated carbocycles. The Morgan fingerprint density at radius 2 is 1.81 bits per heavy atom. The number of aryl methyl sites for hydroxylation is 1. The van der Waals surface area contributed by atoms with E-state index in [0.29, 0.717) is 13.1 Å². The van der Waals surface area contributed by atoms with Crippen molar-refractivity contribution in [2.24, 2.45) is 5.41 Å². The van der Waals surface area contributed by atoms with Crippen LogP contribution in [0.2, 0.25) is 5.02 Å². The Balaban J connectivity index is 1.77. The van der Waals surface area contributed by atoms with Gasteiger partial charge < -0.3 is 9.88 Å². The molecule has 0 radical (unpaired) electrons. The number of amides is 1. The Bertz CT molecular complexity index is 940. The summed E-state index contributed by atoms with van der Waals surface area (Å²) < 4.78 is 2.22. The molecule has 1 amide bonds. The second-order valence-electron chi connectivity index (χ2n) is 7.80. The Morgan fingerprint density at radius 1 is 1.11 bits per heavy atom. The number of aromatic nitrogens is 2. The van der Waals surface area contributed by atoms with Crippen molar-refractivity contribution in [2.75, 3.05) is 6.54 Å². The molecular weight excluding hydrogens is 358 g/mol. The lowest BCUT2D eigenvalue weighted by molar-refractivity contribution is -0.128. The van der Waals surface area contributed by atoms with Gasteiger partial charge in [0.25, 0.3) is 0 Å². The number of hydrogen-bond donors (Lipinski definition) is 1. The summed E-state index contributed by atoms with van der Waals surface area (Å²) in [4.78, 5) is 16.8. The number of benzene rings is 2. The average Bonchev–Trinajstić information content (AvgIpc) is 2.97. The van der Waals surface area contributed by atoms with E-state index in [0.717, 1.165) is 40.3 Å². The van der Waals surface area contributed by atoms with Gasteiger partial charge in [-0.1, -0.05) is 62.7 Å². The highest BCUT2D eigenvalue weighted by atomic mass is 35.5. The number of halogens is 1. The van der Waals surface area contributed by atoms with Gasteiger partial charge in [0.2, 0.25) is 5.91 Å². The van der Waals surface area contributed by atoms with Gasteiger partial charge >= 0.3 is 0 Å². The Morgan fingerprint density at radius 3 is 2.56 bits per heavy atom. The minimum absolute atomic E-state index is 0.0760. The molecule has 3 aromatic rings. The fourth-order valence-electron chi connectivity index (χ4n) is 3.00. The molecule has 0 aliphatic rings. The van der Waals surface area contributed by atoms with Gasteiger partial charge in [0.1, 0.15) is 5.82 Å². The van der Waals surface area contributed by atoms with E-state index in [1.54, 1.807) is 0 Å². The molecule has 5 heteroatoms. The predicted octanol–water partition coefficient (Wildman–Crippen LogP) is 4.83. The first-order valence-corrected chi connectivity index (χ1v) is 9.70. The average molecular weight is 384 g/mol. The molecule has 0 bridgehead atoms. The van der Waals surface area contributed by atoms with E-state index in [2.05, 4.69) is 16.0 Å². The summed E-state index contributed by atoms with van der Waals surface area (Å²) in [6, 6.07) is 16.1. The van der Waals surface area contributed by atoms with Gasteiger partial charge in [0, 0.05) is 23.4 Å². The van der Waals surface area contributed by atoms with E-state index >= 15 is 0 Å². The Kier molecular flexibility index (Phi) is 5.85. The number of nitrogens with zero attached hydrogens (tertiary/aromatic N) is 2. The fourth-order valence-corrected chi connectivity index (χ4v) is 3.20. The van der Waals surface area contributed by atoms with Crippen LogP contribution in [0.5, 0.6) is 0 Å². The van der Waals surface area contributed by atoms with Crippen molar-refractivity contribution in [3.8, 4) is 0 Å². The van der Waals surface area contributed by atoms with E-state index in [9.17, 15) is 4.79 Å². The molecule has 2 aromatic carbocycles. The van der Waals surface area contributed by atoms with Crippen LogP contribution in [0.25, 0.3) is 11.0 Å². The van der Waals surface area contributed by atoms with Crippen LogP contribution < -0.4 is 5.32 Å². The third-order valence-electron chi connectivity index (χ3n) is 4.56. The third-order valence-corrected chi connectivity index (χ3v) is 4.93. The highest BCUT2D eigenvalue weighted by Gasteiger charge is 2.20. The maximum atomic E-state index is 12.0. The zero-order chi connectivity index (χ0) is 19.4. The molecule has 3 rings (SSSR count). The summed E-state index contributed by atoms with van der Waals surface area (Å²) >= 11 is 6.37. The van der Waals surface area contributed by atoms with Crippen LogP contribution in [0.3, 0.4) is 0 Å². The standard InChI is InChI=1S/C22H26ClN3O/c1-22(2,3)21(27)24-14-8-13-20-25-18-11-6-7-12-19(18)26(20)15-16-9-4-5-10-17(16)23/h4-7,9-12H,8,13-15H2,1-3H3,(H,24,27). The number of fused-ring (bicyclic) bond motifs is 1. The third kappa shape index (κ3) is 4.69. The SMILES string of the molecule is CC(C)(C)C(=O)NCCCc1nc2ccccc2n1Cc1ccccc1Cl. The number of nitrogens with one attached hydrogen (secondary N) is 1. The smallest absolute Gasteiger partial charge is 0.225 e. The molecule has 1 heterocycles. The van der Waals surface area contributed by atoms with Gasteiger partial charge in [-0.2, -0.15) is 0 Å². The van der Waals surface area contributed by atoms with Crippen molar-refractivity contribution in [2.45, 2.75) is 40.2 Å². The van der Waals surface area contributed by atoms with Crippen molar-refractivity contribution < 1.29 is 4.79 Å². The Labute approximate surface area is 165 Å². The molecular formula is C22H26ClN3O. The molecule has 142 valence electrons. The second kappa shape index (κ2) is 8.13. The molecule has 1 N–H and O–H groups in total. The van der Waals surface area contributed by atoms with Gasteiger partial charge in [-0.15, -0.1) is 0 Å². The number of carbonyl (C=O) groups is 1. The van der Waals surface area contributed by atoms with Crippen molar-refractivity contribution in [1.82, 2.24) is 14.9 Å². The van der Waals surface area contributed by atoms with Gasteiger partial charge in [-0.05, 0) is 30.2 Å². The van der Waals surface area contributed by atoms with Crippen molar-refractivity contribution in [1.29, 1.82) is 0 Å². The van der Waals surface area contributed by atoms with Gasteiger partial charge in [-0.3, -0.25) is 4.79 Å². The Hall–Kier alpha value is -2.33. The van der Waals surface area contributed by atoms with Gasteiger partial charge in [0.05, 0.1) is 17.6 Å². The van der Waals surface area contributed by atoms with Crippen LogP contribution in [-0.2, 0) is 17.8 Å². The molecule has 0 atom stereocenters. The molecule has 0 unspecified atom stereocenters. The van der Waals surface area contributed by atoms with Crippen LogP contribution in [0.1, 0.15) is 38.6 Å². The molecule has 1 aromatic heterocycles. The molecule has 27 heavy (non-hydrogen) atoms. The van der Waals surface area contributed by atoms with E-state index in [4.69, 9.17) is 16.6 Å². The van der Waals surface area contributed by atoms with E-state index < -0.39 is 0 Å². The number of hydrogen-bond acceptors (Lipinski definition) is 2. The monoisotopic (exact) mass is 383 g/mol. The van der Waals surface area contributed by atoms with E-state index in [1.807, 2.05) is 63.2 Å². The van der Waals surface area contributed by atoms with Crippen LogP contribution in [0.15, 0.2) is 48.5 Å². The van der Waals surface area contributed by atoms with Crippen LogP contribution in [0.4, 0.5) is 0 Å². The van der Waals surface area contributed by atoms with Crippen LogP contribution in [0, 0.1) is 5.41 Å². The summed E-state index contributed by atoms with van der Waals surface area (Å²) in [5, 5.41) is 3.77. The summed E-state index contributed by atoms with van der Waals surface area (Å²) in [6.07, 6.45) is 1.64. The zero-order valence-electron chi connectivity index (χ0n) is 16.1. The maximum Gasteiger partial charge on any atom is 0.225 e. The first-order chi connectivity index (χ1) is 12.9. The molecule has 0 fully saturated rings. The molecule has 0 saturated heterocycles. The first kappa shape index (κ1) is 19.4.